The summed E-state index contributed by atoms with van der Waals surface area (Å²) in [6, 6.07) is 24.3. The summed E-state index contributed by atoms with van der Waals surface area (Å²) in [6.45, 7) is 10.5. The van der Waals surface area contributed by atoms with Crippen molar-refractivity contribution in [2.75, 3.05) is 32.8 Å². The fourth-order valence-corrected chi connectivity index (χ4v) is 9.80. The van der Waals surface area contributed by atoms with Crippen molar-refractivity contribution in [3.63, 3.8) is 0 Å². The van der Waals surface area contributed by atoms with Gasteiger partial charge in [0.15, 0.2) is 0 Å². The lowest BCUT2D eigenvalue weighted by Gasteiger charge is -2.35. The summed E-state index contributed by atoms with van der Waals surface area (Å²) in [7, 11) is -3.75. The van der Waals surface area contributed by atoms with E-state index >= 15 is 0 Å². The zero-order valence-electron chi connectivity index (χ0n) is 27.2. The van der Waals surface area contributed by atoms with Gasteiger partial charge in [0.1, 0.15) is 12.3 Å². The fraction of sp³-hybridized carbons (Fsp3) is 0.436. The maximum absolute atomic E-state index is 14.3. The number of ether oxygens (including phenoxy) is 1. The van der Waals surface area contributed by atoms with Gasteiger partial charge in [0.05, 0.1) is 31.1 Å². The topological polar surface area (TPSA) is 46.6 Å². The molecular formula is C39H46ClN2O3S+. The molecule has 0 bridgehead atoms. The molecule has 1 saturated carbocycles. The summed E-state index contributed by atoms with van der Waals surface area (Å²) in [6.07, 6.45) is 6.68. The van der Waals surface area contributed by atoms with Crippen molar-refractivity contribution >= 4 is 32.4 Å². The summed E-state index contributed by atoms with van der Waals surface area (Å²) in [5.41, 5.74) is 6.34. The van der Waals surface area contributed by atoms with E-state index in [9.17, 15) is 8.42 Å². The number of aryl methyl sites for hydroxylation is 2. The van der Waals surface area contributed by atoms with Gasteiger partial charge in [-0.05, 0) is 104 Å². The van der Waals surface area contributed by atoms with Crippen LogP contribution in [-0.2, 0) is 23.1 Å². The van der Waals surface area contributed by atoms with E-state index in [4.69, 9.17) is 16.3 Å². The molecule has 0 radical (unpaired) electrons. The van der Waals surface area contributed by atoms with Crippen LogP contribution < -0.4 is 4.74 Å². The van der Waals surface area contributed by atoms with Crippen LogP contribution in [0.4, 0.5) is 0 Å². The molecule has 0 aromatic heterocycles. The normalized spacial score (nSPS) is 20.3. The Balaban J connectivity index is 1.11. The number of hydrogen-bond donors (Lipinski definition) is 0. The number of fused-ring (bicyclic) bond motifs is 4. The van der Waals surface area contributed by atoms with Crippen LogP contribution in [0.25, 0.3) is 10.8 Å². The monoisotopic (exact) mass is 657 g/mol. The van der Waals surface area contributed by atoms with Crippen LogP contribution in [0.1, 0.15) is 72.3 Å². The van der Waals surface area contributed by atoms with Crippen LogP contribution in [0, 0.1) is 19.8 Å². The Kier molecular flexibility index (Phi) is 8.92. The third-order valence-corrected chi connectivity index (χ3v) is 12.6. The molecule has 1 saturated heterocycles. The van der Waals surface area contributed by atoms with Gasteiger partial charge in [0.25, 0.3) is 0 Å². The van der Waals surface area contributed by atoms with Crippen molar-refractivity contribution < 1.29 is 17.6 Å². The van der Waals surface area contributed by atoms with Crippen LogP contribution in [0.15, 0.2) is 77.7 Å². The van der Waals surface area contributed by atoms with E-state index in [0.717, 1.165) is 71.4 Å². The van der Waals surface area contributed by atoms with Crippen molar-refractivity contribution in [1.82, 2.24) is 4.31 Å². The molecular weight excluding hydrogens is 612 g/mol. The molecule has 2 fully saturated rings. The number of halogens is 1. The van der Waals surface area contributed by atoms with Gasteiger partial charge in [-0.2, -0.15) is 4.31 Å². The summed E-state index contributed by atoms with van der Waals surface area (Å²) >= 11 is 6.21. The summed E-state index contributed by atoms with van der Waals surface area (Å²) in [5.74, 6) is 2.28. The minimum absolute atomic E-state index is 0.326. The molecule has 2 aliphatic heterocycles. The lowest BCUT2D eigenvalue weighted by molar-refractivity contribution is -0.929. The first kappa shape index (κ1) is 31.7. The zero-order valence-corrected chi connectivity index (χ0v) is 28.8. The molecule has 4 aromatic carbocycles. The number of quaternary nitrogens is 1. The molecule has 46 heavy (non-hydrogen) atoms. The van der Waals surface area contributed by atoms with Crippen LogP contribution >= 0.6 is 11.6 Å². The van der Waals surface area contributed by atoms with Gasteiger partial charge in [-0.1, -0.05) is 65.2 Å². The van der Waals surface area contributed by atoms with Crippen LogP contribution in [0.2, 0.25) is 5.02 Å². The molecule has 0 N–H and O–H groups in total. The predicted octanol–water partition coefficient (Wildman–Crippen LogP) is 8.78. The molecule has 2 heterocycles. The standard InChI is InChI=1S/C39H46ClN2O3S/c1-28-19-29(2)21-31(20-28)27-42(16-5-6-17-42)15-4-3-14-41(26-30-7-12-37-38-25-34(38)13-18-45-39(37)22-30)46(43,44)36-11-9-32-23-35(40)10-8-33(32)24-36/h7-12,19-24,34,38H,3-6,13-18,25-27H2,1-2H3/q+1/t34?,38-/m0/s1. The van der Waals surface area contributed by atoms with Crippen LogP contribution in [0.5, 0.6) is 5.75 Å². The molecule has 3 aliphatic rings. The van der Waals surface area contributed by atoms with E-state index in [2.05, 4.69) is 50.2 Å². The molecule has 1 aliphatic carbocycles. The van der Waals surface area contributed by atoms with Crippen molar-refractivity contribution in [1.29, 1.82) is 0 Å². The van der Waals surface area contributed by atoms with Crippen LogP contribution in [-0.4, -0.2) is 50.0 Å². The van der Waals surface area contributed by atoms with Crippen molar-refractivity contribution in [2.24, 2.45) is 5.92 Å². The Morgan fingerprint density at radius 1 is 0.870 bits per heavy atom. The SMILES string of the molecule is Cc1cc(C)cc(C[N+]2(CCCCN(Cc3ccc4c(c3)OCCC3C[C@H]43)S(=O)(=O)c3ccc4cc(Cl)ccc4c3)CCCC2)c1. The van der Waals surface area contributed by atoms with E-state index in [1.807, 2.05) is 24.3 Å². The number of benzene rings is 4. The summed E-state index contributed by atoms with van der Waals surface area (Å²) < 4.78 is 37.6. The number of hydrogen-bond acceptors (Lipinski definition) is 3. The van der Waals surface area contributed by atoms with Crippen molar-refractivity contribution in [2.45, 2.75) is 76.3 Å². The van der Waals surface area contributed by atoms with Gasteiger partial charge in [-0.25, -0.2) is 8.42 Å². The van der Waals surface area contributed by atoms with Crippen molar-refractivity contribution in [3.05, 3.63) is 106 Å². The average Bonchev–Trinajstić information content (AvgIpc) is 3.68. The molecule has 242 valence electrons. The first-order valence-electron chi connectivity index (χ1n) is 17.0. The largest absolute Gasteiger partial charge is 0.493 e. The van der Waals surface area contributed by atoms with E-state index < -0.39 is 10.0 Å². The van der Waals surface area contributed by atoms with Gasteiger partial charge in [0.2, 0.25) is 10.0 Å². The summed E-state index contributed by atoms with van der Waals surface area (Å²) in [4.78, 5) is 0.326. The molecule has 5 nitrogen and oxygen atoms in total. The Labute approximate surface area is 279 Å². The molecule has 1 unspecified atom stereocenters. The lowest BCUT2D eigenvalue weighted by atomic mass is 10.0. The minimum Gasteiger partial charge on any atom is -0.493 e. The third kappa shape index (κ3) is 6.87. The van der Waals surface area contributed by atoms with Gasteiger partial charge in [-0.15, -0.1) is 0 Å². The first-order chi connectivity index (χ1) is 22.2. The second-order valence-corrected chi connectivity index (χ2v) is 16.6. The third-order valence-electron chi connectivity index (χ3n) is 10.5. The fourth-order valence-electron chi connectivity index (χ4n) is 8.12. The van der Waals surface area contributed by atoms with Gasteiger partial charge < -0.3 is 9.22 Å². The smallest absolute Gasteiger partial charge is 0.243 e. The number of sulfonamides is 1. The Bertz CT molecular complexity index is 1830. The van der Waals surface area contributed by atoms with Gasteiger partial charge in [0, 0.05) is 36.5 Å². The highest BCUT2D eigenvalue weighted by Crippen LogP contribution is 2.54. The highest BCUT2D eigenvalue weighted by atomic mass is 35.5. The Morgan fingerprint density at radius 2 is 1.63 bits per heavy atom. The van der Waals surface area contributed by atoms with E-state index in [0.29, 0.717) is 28.9 Å². The zero-order chi connectivity index (χ0) is 31.9. The highest BCUT2D eigenvalue weighted by molar-refractivity contribution is 7.89. The first-order valence-corrected chi connectivity index (χ1v) is 18.9. The number of rotatable bonds is 11. The maximum Gasteiger partial charge on any atom is 0.243 e. The van der Waals surface area contributed by atoms with E-state index in [1.165, 1.54) is 54.6 Å². The van der Waals surface area contributed by atoms with Crippen molar-refractivity contribution in [3.8, 4) is 5.75 Å². The Morgan fingerprint density at radius 3 is 2.43 bits per heavy atom. The lowest BCUT2D eigenvalue weighted by Crippen LogP contribution is -2.45. The molecule has 4 aromatic rings. The van der Waals surface area contributed by atoms with Gasteiger partial charge in [-0.3, -0.25) is 0 Å². The highest BCUT2D eigenvalue weighted by Gasteiger charge is 2.41. The van der Waals surface area contributed by atoms with Gasteiger partial charge >= 0.3 is 0 Å². The average molecular weight is 658 g/mol. The molecule has 2 atom stereocenters. The number of unbranched alkanes of at least 4 members (excludes halogenated alkanes) is 1. The molecule has 7 rings (SSSR count). The quantitative estimate of drug-likeness (QED) is 0.120. The number of likely N-dealkylation sites (tertiary alicyclic amines) is 1. The molecule has 7 heteroatoms. The minimum atomic E-state index is -3.75. The van der Waals surface area contributed by atoms with Crippen LogP contribution in [0.3, 0.4) is 0 Å². The second kappa shape index (κ2) is 13.0. The summed E-state index contributed by atoms with van der Waals surface area (Å²) in [5, 5.41) is 2.45. The molecule has 0 amide bonds. The van der Waals surface area contributed by atoms with E-state index in [1.54, 1.807) is 16.4 Å². The second-order valence-electron chi connectivity index (χ2n) is 14.2. The molecule has 0 spiro atoms. The maximum atomic E-state index is 14.3. The van der Waals surface area contributed by atoms with E-state index in [-0.39, 0.29) is 0 Å². The predicted molar refractivity (Wildman–Crippen MR) is 187 cm³/mol. The Hall–Kier alpha value is -2.90. The number of nitrogens with zero attached hydrogens (tertiary/aromatic N) is 2.